The quantitative estimate of drug-likeness (QED) is 0.448. The molecular weight excluding hydrogens is 442 g/mol. The number of aromatic nitrogens is 3. The topological polar surface area (TPSA) is 91.6 Å². The molecule has 1 saturated heterocycles. The summed E-state index contributed by atoms with van der Waals surface area (Å²) in [6, 6.07) is 5.35. The van der Waals surface area contributed by atoms with Crippen LogP contribution in [0.2, 0.25) is 0 Å². The van der Waals surface area contributed by atoms with E-state index in [-0.39, 0.29) is 39.5 Å². The van der Waals surface area contributed by atoms with Gasteiger partial charge in [0.2, 0.25) is 0 Å². The highest BCUT2D eigenvalue weighted by Crippen LogP contribution is 2.38. The number of nitrogens with zero attached hydrogens (tertiary/aromatic N) is 4. The number of phenols is 1. The number of benzene rings is 2. The molecule has 5 rings (SSSR count). The minimum atomic E-state index is -0.782. The monoisotopic (exact) mass is 462 g/mol. The van der Waals surface area contributed by atoms with Crippen LogP contribution in [0.3, 0.4) is 0 Å². The van der Waals surface area contributed by atoms with Gasteiger partial charge in [-0.15, -0.1) is 6.42 Å². The van der Waals surface area contributed by atoms with Crippen LogP contribution in [0.15, 0.2) is 30.5 Å². The highest BCUT2D eigenvalue weighted by molar-refractivity contribution is 6.03. The van der Waals surface area contributed by atoms with Gasteiger partial charge in [-0.05, 0) is 36.4 Å². The summed E-state index contributed by atoms with van der Waals surface area (Å²) in [5.41, 5.74) is -0.0897. The van der Waals surface area contributed by atoms with Crippen LogP contribution < -0.4 is 9.64 Å². The summed E-state index contributed by atoms with van der Waals surface area (Å²) in [5, 5.41) is 21.2. The van der Waals surface area contributed by atoms with E-state index in [4.69, 9.17) is 11.2 Å². The molecule has 0 amide bonds. The van der Waals surface area contributed by atoms with E-state index in [9.17, 15) is 14.6 Å². The van der Waals surface area contributed by atoms with Crippen LogP contribution in [0.5, 0.6) is 11.8 Å². The second-order valence-electron chi connectivity index (χ2n) is 8.09. The van der Waals surface area contributed by atoms with Crippen molar-refractivity contribution >= 4 is 27.5 Å². The van der Waals surface area contributed by atoms with Gasteiger partial charge < -0.3 is 19.8 Å². The van der Waals surface area contributed by atoms with Crippen molar-refractivity contribution in [2.75, 3.05) is 25.1 Å². The van der Waals surface area contributed by atoms with Gasteiger partial charge >= 0.3 is 6.01 Å². The molecule has 0 radical (unpaired) electrons. The molecule has 0 unspecified atom stereocenters. The Morgan fingerprint density at radius 1 is 1.18 bits per heavy atom. The van der Waals surface area contributed by atoms with Crippen molar-refractivity contribution in [2.45, 2.75) is 18.9 Å². The number of piperidine rings is 1. The van der Waals surface area contributed by atoms with E-state index in [1.165, 1.54) is 37.6 Å². The van der Waals surface area contributed by atoms with E-state index in [0.29, 0.717) is 42.5 Å². The first kappa shape index (κ1) is 21.8. The number of hydrogen-bond acceptors (Lipinski definition) is 7. The zero-order valence-electron chi connectivity index (χ0n) is 18.2. The zero-order chi connectivity index (χ0) is 24.0. The van der Waals surface area contributed by atoms with Crippen molar-refractivity contribution in [1.82, 2.24) is 15.0 Å². The number of anilines is 1. The Bertz CT molecular complexity index is 1480. The number of pyridine rings is 1. The number of hydrogen-bond donors (Lipinski definition) is 2. The maximum absolute atomic E-state index is 16.0. The third-order valence-electron chi connectivity index (χ3n) is 6.04. The molecule has 1 fully saturated rings. The third kappa shape index (κ3) is 3.53. The maximum Gasteiger partial charge on any atom is 0.318 e. The van der Waals surface area contributed by atoms with Gasteiger partial charge in [0.15, 0.2) is 5.82 Å². The van der Waals surface area contributed by atoms with E-state index in [1.807, 2.05) is 4.90 Å². The van der Waals surface area contributed by atoms with Crippen LogP contribution in [0.4, 0.5) is 14.6 Å². The third-order valence-corrected chi connectivity index (χ3v) is 6.04. The number of rotatable bonds is 3. The largest absolute Gasteiger partial charge is 0.508 e. The summed E-state index contributed by atoms with van der Waals surface area (Å²) < 4.78 is 35.7. The van der Waals surface area contributed by atoms with Crippen molar-refractivity contribution in [3.05, 3.63) is 47.7 Å². The smallest absolute Gasteiger partial charge is 0.318 e. The lowest BCUT2D eigenvalue weighted by molar-refractivity contribution is 0.145. The normalized spacial score (nSPS) is 14.5. The van der Waals surface area contributed by atoms with Crippen LogP contribution in [0.1, 0.15) is 18.4 Å². The first-order valence-electron chi connectivity index (χ1n) is 10.7. The fourth-order valence-electron chi connectivity index (χ4n) is 4.37. The van der Waals surface area contributed by atoms with E-state index in [2.05, 4.69) is 20.9 Å². The highest BCUT2D eigenvalue weighted by atomic mass is 19.1. The number of aromatic hydroxyl groups is 1. The predicted molar refractivity (Wildman–Crippen MR) is 124 cm³/mol. The summed E-state index contributed by atoms with van der Waals surface area (Å²) in [4.78, 5) is 14.9. The van der Waals surface area contributed by atoms with Crippen LogP contribution in [-0.2, 0) is 0 Å². The number of fused-ring (bicyclic) bond motifs is 2. The molecular formula is C25H20F2N4O3. The molecule has 1 aliphatic heterocycles. The minimum absolute atomic E-state index is 0.0270. The summed E-state index contributed by atoms with van der Waals surface area (Å²) >= 11 is 0. The number of aliphatic hydroxyl groups excluding tert-OH is 1. The van der Waals surface area contributed by atoms with Gasteiger partial charge in [0.25, 0.3) is 0 Å². The Kier molecular flexibility index (Phi) is 5.38. The maximum atomic E-state index is 16.0. The van der Waals surface area contributed by atoms with Crippen LogP contribution >= 0.6 is 0 Å². The minimum Gasteiger partial charge on any atom is -0.508 e. The van der Waals surface area contributed by atoms with Crippen LogP contribution in [0.25, 0.3) is 32.9 Å². The Hall–Kier alpha value is -4.03. The van der Waals surface area contributed by atoms with Gasteiger partial charge in [-0.2, -0.15) is 9.97 Å². The van der Waals surface area contributed by atoms with Gasteiger partial charge in [0.1, 0.15) is 28.6 Å². The van der Waals surface area contributed by atoms with Gasteiger partial charge in [-0.3, -0.25) is 4.98 Å². The second kappa shape index (κ2) is 8.39. The standard InChI is InChI=1S/C25H20F2N4O3/c1-3-16-19(26)5-4-13-10-15(33)11-17(20(13)16)22-21(27)23-18(12-28-22)24(30-25(29-23)34-2)31-8-6-14(32)7-9-31/h1,4-5,10-12,14,32-33H,6-9H2,2H3. The number of terminal acetylenes is 1. The zero-order valence-corrected chi connectivity index (χ0v) is 18.2. The van der Waals surface area contributed by atoms with E-state index in [0.717, 1.165) is 0 Å². The molecule has 7 nitrogen and oxygen atoms in total. The highest BCUT2D eigenvalue weighted by Gasteiger charge is 2.25. The molecule has 0 bridgehead atoms. The lowest BCUT2D eigenvalue weighted by Crippen LogP contribution is -2.36. The van der Waals surface area contributed by atoms with Crippen molar-refractivity contribution in [3.8, 4) is 35.4 Å². The Morgan fingerprint density at radius 2 is 1.94 bits per heavy atom. The number of methoxy groups -OCH3 is 1. The average Bonchev–Trinajstić information content (AvgIpc) is 2.84. The van der Waals surface area contributed by atoms with Crippen molar-refractivity contribution < 1.29 is 23.7 Å². The fourth-order valence-corrected chi connectivity index (χ4v) is 4.37. The second-order valence-corrected chi connectivity index (χ2v) is 8.09. The molecule has 0 aliphatic carbocycles. The number of phenolic OH excluding ortho intramolecular Hbond substituents is 1. The molecule has 2 aromatic carbocycles. The first-order chi connectivity index (χ1) is 16.4. The molecule has 0 saturated carbocycles. The Labute approximate surface area is 193 Å². The molecule has 9 heteroatoms. The average molecular weight is 462 g/mol. The molecule has 172 valence electrons. The van der Waals surface area contributed by atoms with Crippen molar-refractivity contribution in [1.29, 1.82) is 0 Å². The molecule has 2 N–H and O–H groups in total. The van der Waals surface area contributed by atoms with Gasteiger partial charge in [0.05, 0.1) is 24.2 Å². The van der Waals surface area contributed by atoms with Crippen molar-refractivity contribution in [3.63, 3.8) is 0 Å². The summed E-state index contributed by atoms with van der Waals surface area (Å²) in [6.45, 7) is 1.06. The molecule has 34 heavy (non-hydrogen) atoms. The molecule has 2 aromatic heterocycles. The molecule has 3 heterocycles. The van der Waals surface area contributed by atoms with Crippen LogP contribution in [-0.4, -0.2) is 51.5 Å². The molecule has 0 spiro atoms. The lowest BCUT2D eigenvalue weighted by atomic mass is 9.96. The van der Waals surface area contributed by atoms with Gasteiger partial charge in [0, 0.05) is 30.2 Å². The molecule has 0 atom stereocenters. The van der Waals surface area contributed by atoms with E-state index >= 15 is 4.39 Å². The lowest BCUT2D eigenvalue weighted by Gasteiger charge is -2.31. The summed E-state index contributed by atoms with van der Waals surface area (Å²) in [5.74, 6) is 1.20. The van der Waals surface area contributed by atoms with E-state index < -0.39 is 17.7 Å². The fraction of sp³-hybridized carbons (Fsp3) is 0.240. The van der Waals surface area contributed by atoms with Crippen molar-refractivity contribution in [2.24, 2.45) is 0 Å². The van der Waals surface area contributed by atoms with Gasteiger partial charge in [-0.1, -0.05) is 12.0 Å². The molecule has 4 aromatic rings. The Morgan fingerprint density at radius 3 is 2.65 bits per heavy atom. The first-order valence-corrected chi connectivity index (χ1v) is 10.7. The van der Waals surface area contributed by atoms with Crippen LogP contribution in [0, 0.1) is 24.0 Å². The predicted octanol–water partition coefficient (Wildman–Crippen LogP) is 3.78. The Balaban J connectivity index is 1.78. The number of aliphatic hydroxyl groups is 1. The number of ether oxygens (including phenoxy) is 1. The molecule has 1 aliphatic rings. The number of halogens is 2. The van der Waals surface area contributed by atoms with E-state index in [1.54, 1.807) is 0 Å². The SMILES string of the molecule is C#Cc1c(F)ccc2cc(O)cc(-c3ncc4c(N5CCC(O)CC5)nc(OC)nc4c3F)c12. The summed E-state index contributed by atoms with van der Waals surface area (Å²) in [6.07, 6.45) is 7.71. The summed E-state index contributed by atoms with van der Waals surface area (Å²) in [7, 11) is 1.38. The van der Waals surface area contributed by atoms with Gasteiger partial charge in [-0.25, -0.2) is 8.78 Å².